The highest BCUT2D eigenvalue weighted by atomic mass is 35.5. The number of nitrogens with one attached hydrogen (secondary N) is 2. The zero-order valence-corrected chi connectivity index (χ0v) is 12.9. The summed E-state index contributed by atoms with van der Waals surface area (Å²) in [6.07, 6.45) is 2.01. The molecule has 1 fully saturated rings. The summed E-state index contributed by atoms with van der Waals surface area (Å²) < 4.78 is 13.7. The van der Waals surface area contributed by atoms with E-state index in [1.54, 1.807) is 6.07 Å². The number of carbonyl (C=O) groups is 1. The van der Waals surface area contributed by atoms with E-state index in [-0.39, 0.29) is 28.4 Å². The maximum absolute atomic E-state index is 13.7. The van der Waals surface area contributed by atoms with Gasteiger partial charge in [0.25, 0.3) is 5.91 Å². The van der Waals surface area contributed by atoms with Crippen molar-refractivity contribution < 1.29 is 9.18 Å². The van der Waals surface area contributed by atoms with Gasteiger partial charge in [-0.1, -0.05) is 24.6 Å². The molecule has 0 aliphatic carbocycles. The molecule has 0 radical (unpaired) electrons. The molecule has 112 valence electrons. The Kier molecular flexibility index (Phi) is 6.24. The molecule has 0 unspecified atom stereocenters. The van der Waals surface area contributed by atoms with Crippen molar-refractivity contribution in [1.82, 2.24) is 10.6 Å². The second kappa shape index (κ2) is 7.25. The van der Waals surface area contributed by atoms with Gasteiger partial charge in [-0.25, -0.2) is 4.39 Å². The van der Waals surface area contributed by atoms with Crippen LogP contribution < -0.4 is 10.6 Å². The lowest BCUT2D eigenvalue weighted by Gasteiger charge is -2.34. The van der Waals surface area contributed by atoms with Crippen LogP contribution in [0, 0.1) is 11.2 Å². The molecule has 0 atom stereocenters. The van der Waals surface area contributed by atoms with E-state index in [4.69, 9.17) is 11.6 Å². The Morgan fingerprint density at radius 3 is 2.75 bits per heavy atom. The summed E-state index contributed by atoms with van der Waals surface area (Å²) in [5.41, 5.74) is 0.0840. The average Bonchev–Trinajstić information content (AvgIpc) is 2.40. The molecule has 0 saturated carbocycles. The Morgan fingerprint density at radius 2 is 2.10 bits per heavy atom. The Morgan fingerprint density at radius 1 is 1.45 bits per heavy atom. The number of carbonyl (C=O) groups excluding carboxylic acids is 1. The van der Waals surface area contributed by atoms with Gasteiger partial charge in [-0.3, -0.25) is 4.79 Å². The third kappa shape index (κ3) is 4.08. The number of halogens is 3. The van der Waals surface area contributed by atoms with Crippen molar-refractivity contribution in [1.29, 1.82) is 0 Å². The molecule has 1 aliphatic heterocycles. The highest BCUT2D eigenvalue weighted by molar-refractivity contribution is 6.31. The number of piperidine rings is 1. The van der Waals surface area contributed by atoms with Crippen molar-refractivity contribution in [3.63, 3.8) is 0 Å². The molecule has 20 heavy (non-hydrogen) atoms. The SMILES string of the molecule is CC1(CNC(=O)c2cccc(Cl)c2F)CCNCC1.Cl. The van der Waals surface area contributed by atoms with Gasteiger partial charge in [0.05, 0.1) is 10.6 Å². The third-order valence-electron chi connectivity index (χ3n) is 3.68. The largest absolute Gasteiger partial charge is 0.351 e. The molecule has 0 spiro atoms. The summed E-state index contributed by atoms with van der Waals surface area (Å²) in [4.78, 5) is 12.0. The maximum Gasteiger partial charge on any atom is 0.254 e. The minimum atomic E-state index is -0.655. The standard InChI is InChI=1S/C14H18ClFN2O.ClH/c1-14(5-7-17-8-6-14)9-18-13(19)10-3-2-4-11(15)12(10)16;/h2-4,17H,5-9H2,1H3,(H,18,19);1H. The minimum absolute atomic E-state index is 0. The lowest BCUT2D eigenvalue weighted by Crippen LogP contribution is -2.43. The number of benzene rings is 1. The van der Waals surface area contributed by atoms with Crippen molar-refractivity contribution in [2.45, 2.75) is 19.8 Å². The van der Waals surface area contributed by atoms with Crippen LogP contribution in [0.2, 0.25) is 5.02 Å². The van der Waals surface area contributed by atoms with Gasteiger partial charge in [0.2, 0.25) is 0 Å². The number of rotatable bonds is 3. The van der Waals surface area contributed by atoms with Gasteiger partial charge in [0.1, 0.15) is 0 Å². The Balaban J connectivity index is 0.00000200. The van der Waals surface area contributed by atoms with Crippen LogP contribution in [0.5, 0.6) is 0 Å². The predicted molar refractivity (Wildman–Crippen MR) is 81.2 cm³/mol. The Labute approximate surface area is 129 Å². The van der Waals surface area contributed by atoms with Crippen LogP contribution in [-0.2, 0) is 0 Å². The first-order valence-electron chi connectivity index (χ1n) is 6.45. The van der Waals surface area contributed by atoms with Crippen molar-refractivity contribution >= 4 is 29.9 Å². The fourth-order valence-electron chi connectivity index (χ4n) is 2.28. The van der Waals surface area contributed by atoms with E-state index in [0.29, 0.717) is 6.54 Å². The molecule has 1 aromatic rings. The monoisotopic (exact) mass is 320 g/mol. The van der Waals surface area contributed by atoms with Crippen molar-refractivity contribution in [2.75, 3.05) is 19.6 Å². The fraction of sp³-hybridized carbons (Fsp3) is 0.500. The molecule has 1 amide bonds. The summed E-state index contributed by atoms with van der Waals surface area (Å²) in [5.74, 6) is -1.06. The Bertz CT molecular complexity index is 476. The van der Waals surface area contributed by atoms with Crippen LogP contribution in [0.4, 0.5) is 4.39 Å². The first kappa shape index (κ1) is 17.2. The molecule has 1 saturated heterocycles. The molecule has 6 heteroatoms. The summed E-state index contributed by atoms with van der Waals surface area (Å²) >= 11 is 5.67. The summed E-state index contributed by atoms with van der Waals surface area (Å²) in [6.45, 7) is 4.61. The molecule has 2 N–H and O–H groups in total. The van der Waals surface area contributed by atoms with Gasteiger partial charge in [-0.15, -0.1) is 12.4 Å². The van der Waals surface area contributed by atoms with E-state index in [2.05, 4.69) is 17.6 Å². The van der Waals surface area contributed by atoms with Gasteiger partial charge in [0.15, 0.2) is 5.82 Å². The van der Waals surface area contributed by atoms with Gasteiger partial charge >= 0.3 is 0 Å². The topological polar surface area (TPSA) is 41.1 Å². The number of amides is 1. The third-order valence-corrected chi connectivity index (χ3v) is 3.97. The minimum Gasteiger partial charge on any atom is -0.351 e. The second-order valence-corrected chi connectivity index (χ2v) is 5.75. The van der Waals surface area contributed by atoms with Gasteiger partial charge in [-0.05, 0) is 43.5 Å². The van der Waals surface area contributed by atoms with Crippen LogP contribution in [0.1, 0.15) is 30.1 Å². The van der Waals surface area contributed by atoms with Crippen LogP contribution in [0.3, 0.4) is 0 Å². The highest BCUT2D eigenvalue weighted by Gasteiger charge is 2.27. The molecular formula is C14H19Cl2FN2O. The first-order valence-corrected chi connectivity index (χ1v) is 6.83. The van der Waals surface area contributed by atoms with Crippen molar-refractivity contribution in [3.8, 4) is 0 Å². The van der Waals surface area contributed by atoms with Crippen LogP contribution in [0.25, 0.3) is 0 Å². The summed E-state index contributed by atoms with van der Waals surface area (Å²) in [6, 6.07) is 4.45. The molecule has 0 bridgehead atoms. The molecule has 1 aliphatic rings. The van der Waals surface area contributed by atoms with E-state index < -0.39 is 11.7 Å². The average molecular weight is 321 g/mol. The molecule has 0 aromatic heterocycles. The second-order valence-electron chi connectivity index (χ2n) is 5.34. The molecule has 3 nitrogen and oxygen atoms in total. The van der Waals surface area contributed by atoms with Gasteiger partial charge in [0, 0.05) is 6.54 Å². The quantitative estimate of drug-likeness (QED) is 0.898. The smallest absolute Gasteiger partial charge is 0.254 e. The number of hydrogen-bond donors (Lipinski definition) is 2. The summed E-state index contributed by atoms with van der Waals surface area (Å²) in [7, 11) is 0. The first-order chi connectivity index (χ1) is 9.02. The van der Waals surface area contributed by atoms with E-state index >= 15 is 0 Å². The van der Waals surface area contributed by atoms with E-state index in [0.717, 1.165) is 25.9 Å². The lowest BCUT2D eigenvalue weighted by molar-refractivity contribution is 0.0918. The fourth-order valence-corrected chi connectivity index (χ4v) is 2.45. The number of hydrogen-bond acceptors (Lipinski definition) is 2. The predicted octanol–water partition coefficient (Wildman–Crippen LogP) is 3.02. The molecule has 1 aromatic carbocycles. The normalized spacial score (nSPS) is 17.1. The maximum atomic E-state index is 13.7. The van der Waals surface area contributed by atoms with E-state index in [1.165, 1.54) is 12.1 Å². The zero-order valence-electron chi connectivity index (χ0n) is 11.3. The van der Waals surface area contributed by atoms with Crippen LogP contribution in [0.15, 0.2) is 18.2 Å². The lowest BCUT2D eigenvalue weighted by atomic mass is 9.81. The van der Waals surface area contributed by atoms with E-state index in [1.807, 2.05) is 0 Å². The van der Waals surface area contributed by atoms with Crippen molar-refractivity contribution in [2.24, 2.45) is 5.41 Å². The van der Waals surface area contributed by atoms with Crippen LogP contribution >= 0.6 is 24.0 Å². The Hall–Kier alpha value is -0.840. The zero-order chi connectivity index (χ0) is 13.9. The van der Waals surface area contributed by atoms with Gasteiger partial charge in [-0.2, -0.15) is 0 Å². The highest BCUT2D eigenvalue weighted by Crippen LogP contribution is 2.27. The van der Waals surface area contributed by atoms with Gasteiger partial charge < -0.3 is 10.6 Å². The molecule has 1 heterocycles. The summed E-state index contributed by atoms with van der Waals surface area (Å²) in [5, 5.41) is 6.07. The van der Waals surface area contributed by atoms with Crippen LogP contribution in [-0.4, -0.2) is 25.5 Å². The van der Waals surface area contributed by atoms with E-state index in [9.17, 15) is 9.18 Å². The van der Waals surface area contributed by atoms with Crippen molar-refractivity contribution in [3.05, 3.63) is 34.6 Å². The molecular weight excluding hydrogens is 302 g/mol. The molecule has 2 rings (SSSR count).